The van der Waals surface area contributed by atoms with Crippen LogP contribution in [0, 0.1) is 23.0 Å². The number of hydrogen-bond acceptors (Lipinski definition) is 7. The van der Waals surface area contributed by atoms with Crippen LogP contribution in [0.15, 0.2) is 60.7 Å². The zero-order valence-electron chi connectivity index (χ0n) is 22.3. The highest BCUT2D eigenvalue weighted by atomic mass is 19.1. The predicted octanol–water partition coefficient (Wildman–Crippen LogP) is 7.35. The minimum atomic E-state index is -0.626. The van der Waals surface area contributed by atoms with E-state index in [-0.39, 0.29) is 23.0 Å². The van der Waals surface area contributed by atoms with Gasteiger partial charge in [-0.25, -0.2) is 8.78 Å². The van der Waals surface area contributed by atoms with Crippen molar-refractivity contribution in [1.29, 1.82) is 5.26 Å². The molecule has 0 aliphatic rings. The molecule has 208 valence electrons. The zero-order chi connectivity index (χ0) is 28.8. The third-order valence-corrected chi connectivity index (χ3v) is 4.06. The molecule has 3 rings (SSSR count). The van der Waals surface area contributed by atoms with Gasteiger partial charge in [-0.15, -0.1) is 0 Å². The number of nitrogens with zero attached hydrogens (tertiary/aromatic N) is 1. The fourth-order valence-electron chi connectivity index (χ4n) is 2.41. The topological polar surface area (TPSA) is 112 Å². The lowest BCUT2D eigenvalue weighted by atomic mass is 10.3. The molecule has 0 heterocycles. The van der Waals surface area contributed by atoms with Crippen LogP contribution >= 0.6 is 0 Å². The molecule has 3 aromatic carbocycles. The van der Waals surface area contributed by atoms with Crippen molar-refractivity contribution < 1.29 is 38.3 Å². The largest absolute Gasteiger partial charge is 0.508 e. The lowest BCUT2D eigenvalue weighted by molar-refractivity contribution is 0.299. The van der Waals surface area contributed by atoms with Crippen LogP contribution in [0.1, 0.15) is 47.0 Å². The highest BCUT2D eigenvalue weighted by Gasteiger charge is 2.03. The maximum absolute atomic E-state index is 12.9. The Bertz CT molecular complexity index is 1090. The Balaban J connectivity index is 0.000000513. The van der Waals surface area contributed by atoms with Gasteiger partial charge in [-0.3, -0.25) is 0 Å². The number of halogens is 2. The first kappa shape index (κ1) is 33.8. The van der Waals surface area contributed by atoms with Gasteiger partial charge in [0.05, 0.1) is 25.9 Å². The van der Waals surface area contributed by atoms with Crippen molar-refractivity contribution in [3.63, 3.8) is 0 Å². The highest BCUT2D eigenvalue weighted by molar-refractivity contribution is 5.34. The van der Waals surface area contributed by atoms with Crippen molar-refractivity contribution in [2.45, 2.75) is 47.0 Å². The van der Waals surface area contributed by atoms with Crippen molar-refractivity contribution in [2.24, 2.45) is 0 Å². The van der Waals surface area contributed by atoms with Gasteiger partial charge in [0.1, 0.15) is 23.0 Å². The van der Waals surface area contributed by atoms with Gasteiger partial charge < -0.3 is 29.5 Å². The van der Waals surface area contributed by atoms with E-state index in [0.29, 0.717) is 25.6 Å². The Morgan fingerprint density at radius 1 is 0.684 bits per heavy atom. The fourth-order valence-corrected chi connectivity index (χ4v) is 2.41. The molecule has 0 radical (unpaired) electrons. The van der Waals surface area contributed by atoms with E-state index in [1.165, 1.54) is 43.3 Å². The molecule has 0 unspecified atom stereocenters. The molecule has 0 amide bonds. The van der Waals surface area contributed by atoms with Crippen LogP contribution in [-0.2, 0) is 0 Å². The second kappa shape index (κ2) is 20.9. The molecule has 3 aromatic rings. The van der Waals surface area contributed by atoms with Crippen molar-refractivity contribution >= 4 is 0 Å². The van der Waals surface area contributed by atoms with Crippen molar-refractivity contribution in [3.05, 3.63) is 72.3 Å². The summed E-state index contributed by atoms with van der Waals surface area (Å²) in [5.41, 5.74) is 0. The average Bonchev–Trinajstić information content (AvgIpc) is 2.90. The summed E-state index contributed by atoms with van der Waals surface area (Å²) in [6.07, 6.45) is 2.68. The molecule has 0 atom stereocenters. The summed E-state index contributed by atoms with van der Waals surface area (Å²) in [5, 5.41) is 34.3. The Kier molecular flexibility index (Phi) is 18.6. The minimum absolute atomic E-state index is 0.0162. The van der Waals surface area contributed by atoms with Gasteiger partial charge in [0.2, 0.25) is 0 Å². The summed E-state index contributed by atoms with van der Waals surface area (Å²) in [5.74, 6) is 0.157. The number of phenols is 3. The standard InChI is InChI=1S/2C9H11FO2.C9H12O2.C2H3N/c1-2-5-12-7-3-4-8(10)9(11)6-7;1-2-5-12-9-6-7(11)3-4-8(9)10;1-2-6-11-9-5-3-4-8(10)7-9;1-2-3/h2*3-4,6,11H,2,5H2,1H3;3-5,7,10H,2,6H2,1H3;1H3. The first-order chi connectivity index (χ1) is 18.2. The molecular formula is C29H37F2NO6. The van der Waals surface area contributed by atoms with E-state index >= 15 is 0 Å². The first-order valence-electron chi connectivity index (χ1n) is 12.2. The van der Waals surface area contributed by atoms with E-state index in [1.54, 1.807) is 24.3 Å². The van der Waals surface area contributed by atoms with Crippen molar-refractivity contribution in [3.8, 4) is 40.6 Å². The number of benzene rings is 3. The number of ether oxygens (including phenoxy) is 3. The smallest absolute Gasteiger partial charge is 0.165 e. The lowest BCUT2D eigenvalue weighted by Crippen LogP contribution is -1.96. The first-order valence-corrected chi connectivity index (χ1v) is 12.2. The van der Waals surface area contributed by atoms with Gasteiger partial charge in [-0.2, -0.15) is 5.26 Å². The fraction of sp³-hybridized carbons (Fsp3) is 0.345. The number of phenolic OH excluding ortho intramolecular Hbond substituents is 3. The zero-order valence-corrected chi connectivity index (χ0v) is 22.3. The summed E-state index contributed by atoms with van der Waals surface area (Å²) in [4.78, 5) is 0. The summed E-state index contributed by atoms with van der Waals surface area (Å²) >= 11 is 0. The molecule has 7 nitrogen and oxygen atoms in total. The molecule has 0 fully saturated rings. The lowest BCUT2D eigenvalue weighted by Gasteiger charge is -2.05. The Morgan fingerprint density at radius 3 is 1.71 bits per heavy atom. The Labute approximate surface area is 223 Å². The number of aromatic hydroxyl groups is 3. The van der Waals surface area contributed by atoms with Gasteiger partial charge in [-0.05, 0) is 55.7 Å². The van der Waals surface area contributed by atoms with E-state index in [4.69, 9.17) is 34.8 Å². The van der Waals surface area contributed by atoms with Gasteiger partial charge in [0, 0.05) is 25.1 Å². The molecule has 0 spiro atoms. The van der Waals surface area contributed by atoms with Gasteiger partial charge >= 0.3 is 0 Å². The number of rotatable bonds is 9. The quantitative estimate of drug-likeness (QED) is 0.264. The van der Waals surface area contributed by atoms with Crippen LogP contribution in [0.25, 0.3) is 0 Å². The molecular weight excluding hydrogens is 496 g/mol. The summed E-state index contributed by atoms with van der Waals surface area (Å²) < 4.78 is 40.8. The van der Waals surface area contributed by atoms with Gasteiger partial charge in [-0.1, -0.05) is 26.8 Å². The van der Waals surface area contributed by atoms with Gasteiger partial charge in [0.15, 0.2) is 23.1 Å². The molecule has 0 saturated heterocycles. The predicted molar refractivity (Wildman–Crippen MR) is 143 cm³/mol. The number of hydrogen-bond donors (Lipinski definition) is 3. The van der Waals surface area contributed by atoms with Crippen LogP contribution in [0.3, 0.4) is 0 Å². The van der Waals surface area contributed by atoms with E-state index in [1.807, 2.05) is 26.8 Å². The molecule has 3 N–H and O–H groups in total. The second-order valence-corrected chi connectivity index (χ2v) is 7.49. The Hall–Kier alpha value is -4.19. The summed E-state index contributed by atoms with van der Waals surface area (Å²) in [6.45, 7) is 9.11. The van der Waals surface area contributed by atoms with Gasteiger partial charge in [0.25, 0.3) is 0 Å². The normalized spacial score (nSPS) is 9.18. The molecule has 0 bridgehead atoms. The number of nitriles is 1. The van der Waals surface area contributed by atoms with Crippen LogP contribution in [-0.4, -0.2) is 35.1 Å². The van der Waals surface area contributed by atoms with Crippen molar-refractivity contribution in [2.75, 3.05) is 19.8 Å². The maximum atomic E-state index is 12.9. The van der Waals surface area contributed by atoms with E-state index in [2.05, 4.69) is 0 Å². The third kappa shape index (κ3) is 15.7. The Morgan fingerprint density at radius 2 is 1.18 bits per heavy atom. The van der Waals surface area contributed by atoms with E-state index in [0.717, 1.165) is 25.0 Å². The molecule has 9 heteroatoms. The molecule has 0 aromatic heterocycles. The highest BCUT2D eigenvalue weighted by Crippen LogP contribution is 2.23. The average molecular weight is 534 g/mol. The molecule has 0 aliphatic carbocycles. The SMILES string of the molecule is CC#N.CCCOc1cc(O)ccc1F.CCCOc1ccc(F)c(O)c1.CCCOc1cccc(O)c1. The summed E-state index contributed by atoms with van der Waals surface area (Å²) in [7, 11) is 0. The van der Waals surface area contributed by atoms with E-state index in [9.17, 15) is 8.78 Å². The summed E-state index contributed by atoms with van der Waals surface area (Å²) in [6, 6.07) is 16.2. The van der Waals surface area contributed by atoms with Crippen LogP contribution in [0.5, 0.6) is 34.5 Å². The molecule has 0 aliphatic heterocycles. The molecule has 0 saturated carbocycles. The molecule has 38 heavy (non-hydrogen) atoms. The van der Waals surface area contributed by atoms with Crippen LogP contribution < -0.4 is 14.2 Å². The van der Waals surface area contributed by atoms with Crippen LogP contribution in [0.2, 0.25) is 0 Å². The van der Waals surface area contributed by atoms with Crippen molar-refractivity contribution in [1.82, 2.24) is 0 Å². The third-order valence-electron chi connectivity index (χ3n) is 4.06. The second-order valence-electron chi connectivity index (χ2n) is 7.49. The van der Waals surface area contributed by atoms with E-state index < -0.39 is 11.6 Å². The maximum Gasteiger partial charge on any atom is 0.165 e. The monoisotopic (exact) mass is 533 g/mol. The van der Waals surface area contributed by atoms with Crippen LogP contribution in [0.4, 0.5) is 8.78 Å². The minimum Gasteiger partial charge on any atom is -0.508 e.